The first kappa shape index (κ1) is 35.5. The molecule has 4 aromatic rings. The summed E-state index contributed by atoms with van der Waals surface area (Å²) < 4.78 is 47.6. The minimum Gasteiger partial charge on any atom is -0.481 e. The number of aliphatic hydroxyl groups is 2. The van der Waals surface area contributed by atoms with Gasteiger partial charge in [-0.25, -0.2) is 12.8 Å². The number of piperidine rings is 1. The second kappa shape index (κ2) is 15.6. The van der Waals surface area contributed by atoms with E-state index in [-0.39, 0.29) is 30.2 Å². The summed E-state index contributed by atoms with van der Waals surface area (Å²) in [4.78, 5) is 11.3. The smallest absolute Gasteiger partial charge is 0.305 e. The van der Waals surface area contributed by atoms with Gasteiger partial charge >= 0.3 is 5.97 Å². The number of hydrogen-bond donors (Lipinski definition) is 3. The first-order valence-corrected chi connectivity index (χ1v) is 18.1. The predicted molar refractivity (Wildman–Crippen MR) is 184 cm³/mol. The number of aromatic nitrogens is 1. The van der Waals surface area contributed by atoms with Crippen molar-refractivity contribution in [3.05, 3.63) is 102 Å². The van der Waals surface area contributed by atoms with Crippen LogP contribution in [0.1, 0.15) is 63.1 Å². The van der Waals surface area contributed by atoms with E-state index in [2.05, 4.69) is 12.1 Å². The van der Waals surface area contributed by atoms with Gasteiger partial charge in [0, 0.05) is 30.9 Å². The zero-order valence-electron chi connectivity index (χ0n) is 27.5. The summed E-state index contributed by atoms with van der Waals surface area (Å²) >= 11 is 0. The van der Waals surface area contributed by atoms with Crippen LogP contribution in [0.3, 0.4) is 0 Å². The molecule has 3 aromatic carbocycles. The predicted octanol–water partition coefficient (Wildman–Crippen LogP) is 6.70. The quantitative estimate of drug-likeness (QED) is 0.137. The molecule has 2 atom stereocenters. The number of carboxylic acids is 1. The van der Waals surface area contributed by atoms with Crippen LogP contribution in [0.25, 0.3) is 22.4 Å². The lowest BCUT2D eigenvalue weighted by molar-refractivity contribution is -0.139. The van der Waals surface area contributed by atoms with Crippen molar-refractivity contribution in [3.8, 4) is 22.4 Å². The number of sulfonamides is 1. The van der Waals surface area contributed by atoms with Crippen molar-refractivity contribution in [3.63, 3.8) is 0 Å². The van der Waals surface area contributed by atoms with Gasteiger partial charge in [0.2, 0.25) is 10.0 Å². The van der Waals surface area contributed by atoms with Gasteiger partial charge in [-0.3, -0.25) is 4.79 Å². The van der Waals surface area contributed by atoms with Crippen LogP contribution in [0, 0.1) is 11.7 Å². The fraction of sp³-hybridized carbons (Fsp3) is 0.395. The zero-order valence-corrected chi connectivity index (χ0v) is 28.3. The Bertz CT molecular complexity index is 1770. The molecule has 1 fully saturated rings. The molecule has 0 unspecified atom stereocenters. The van der Waals surface area contributed by atoms with Crippen molar-refractivity contribution < 1.29 is 32.9 Å². The Kier molecular flexibility index (Phi) is 11.5. The molecule has 0 bridgehead atoms. The maximum absolute atomic E-state index is 14.9. The van der Waals surface area contributed by atoms with Crippen molar-refractivity contribution in [1.82, 2.24) is 8.87 Å². The summed E-state index contributed by atoms with van der Waals surface area (Å²) in [5, 5.41) is 30.1. The maximum Gasteiger partial charge on any atom is 0.305 e. The van der Waals surface area contributed by atoms with E-state index in [9.17, 15) is 27.8 Å². The Morgan fingerprint density at radius 3 is 2.06 bits per heavy atom. The van der Waals surface area contributed by atoms with Gasteiger partial charge in [0.05, 0.1) is 24.3 Å². The summed E-state index contributed by atoms with van der Waals surface area (Å²) in [6.45, 7) is 4.85. The Morgan fingerprint density at radius 1 is 0.875 bits per heavy atom. The van der Waals surface area contributed by atoms with Crippen molar-refractivity contribution in [2.75, 3.05) is 13.1 Å². The van der Waals surface area contributed by atoms with Gasteiger partial charge in [0.15, 0.2) is 0 Å². The number of halogens is 1. The topological polar surface area (TPSA) is 120 Å². The molecular formula is C38H45FN2O6S. The monoisotopic (exact) mass is 676 g/mol. The Labute approximate surface area is 282 Å². The molecule has 0 aliphatic carbocycles. The summed E-state index contributed by atoms with van der Waals surface area (Å²) in [5.41, 5.74) is 4.27. The molecule has 0 saturated carbocycles. The number of aliphatic carboxylic acids is 1. The number of hydrogen-bond acceptors (Lipinski definition) is 5. The molecule has 256 valence electrons. The molecular weight excluding hydrogens is 631 g/mol. The van der Waals surface area contributed by atoms with Gasteiger partial charge in [0.1, 0.15) is 10.7 Å². The number of carbonyl (C=O) groups is 1. The molecule has 3 N–H and O–H groups in total. The molecule has 8 nitrogen and oxygen atoms in total. The number of benzene rings is 3. The van der Waals surface area contributed by atoms with Crippen molar-refractivity contribution in [2.45, 2.75) is 81.9 Å². The highest BCUT2D eigenvalue weighted by Gasteiger charge is 2.38. The van der Waals surface area contributed by atoms with Crippen LogP contribution in [-0.4, -0.2) is 63.9 Å². The molecule has 1 saturated heterocycles. The molecule has 10 heteroatoms. The van der Waals surface area contributed by atoms with Crippen molar-refractivity contribution in [2.24, 2.45) is 5.92 Å². The fourth-order valence-corrected chi connectivity index (χ4v) is 8.92. The van der Waals surface area contributed by atoms with Crippen LogP contribution in [0.4, 0.5) is 4.39 Å². The van der Waals surface area contributed by atoms with Gasteiger partial charge in [-0.1, -0.05) is 74.5 Å². The first-order chi connectivity index (χ1) is 23.0. The van der Waals surface area contributed by atoms with Crippen LogP contribution in [0.15, 0.2) is 89.8 Å². The molecule has 0 radical (unpaired) electrons. The largest absolute Gasteiger partial charge is 0.481 e. The van der Waals surface area contributed by atoms with Crippen molar-refractivity contribution in [1.29, 1.82) is 0 Å². The third-order valence-corrected chi connectivity index (χ3v) is 11.1. The van der Waals surface area contributed by atoms with Gasteiger partial charge in [-0.05, 0) is 84.9 Å². The molecule has 5 rings (SSSR count). The molecule has 1 aromatic heterocycles. The summed E-state index contributed by atoms with van der Waals surface area (Å²) in [5.74, 6) is -1.46. The molecule has 0 spiro atoms. The summed E-state index contributed by atoms with van der Waals surface area (Å²) in [6, 6.07) is 25.5. The lowest BCUT2D eigenvalue weighted by Gasteiger charge is -2.32. The van der Waals surface area contributed by atoms with Crippen LogP contribution in [0.2, 0.25) is 0 Å². The average Bonchev–Trinajstić information content (AvgIpc) is 3.41. The second-order valence-corrected chi connectivity index (χ2v) is 15.0. The summed E-state index contributed by atoms with van der Waals surface area (Å²) in [6.07, 6.45) is -0.361. The number of aliphatic hydroxyl groups excluding tert-OH is 2. The highest BCUT2D eigenvalue weighted by molar-refractivity contribution is 7.89. The minimum absolute atomic E-state index is 0.134. The van der Waals surface area contributed by atoms with E-state index in [0.717, 1.165) is 19.3 Å². The van der Waals surface area contributed by atoms with Crippen LogP contribution < -0.4 is 0 Å². The van der Waals surface area contributed by atoms with E-state index in [1.165, 1.54) is 17.7 Å². The molecule has 1 aliphatic rings. The first-order valence-electron chi connectivity index (χ1n) is 16.6. The lowest BCUT2D eigenvalue weighted by atomic mass is 9.91. The maximum atomic E-state index is 14.9. The Morgan fingerprint density at radius 2 is 1.48 bits per heavy atom. The Hall–Kier alpha value is -3.83. The fourth-order valence-electron chi connectivity index (χ4n) is 6.89. The van der Waals surface area contributed by atoms with E-state index in [0.29, 0.717) is 47.1 Å². The molecule has 0 amide bonds. The van der Waals surface area contributed by atoms with E-state index in [1.807, 2.05) is 66.9 Å². The van der Waals surface area contributed by atoms with Crippen LogP contribution >= 0.6 is 0 Å². The van der Waals surface area contributed by atoms with Gasteiger partial charge in [-0.15, -0.1) is 0 Å². The SMILES string of the molecule is CC(C)c1c(S(=O)(=O)N2CCC(Cc3ccccc3)CC2)c(-c2ccccc2)c(-c2ccc(F)cc2)n1CC[C@@H](O)C[C@@H](O)CC(=O)O. The number of rotatable bonds is 14. The van der Waals surface area contributed by atoms with E-state index in [1.54, 1.807) is 16.4 Å². The van der Waals surface area contributed by atoms with E-state index >= 15 is 0 Å². The average molecular weight is 677 g/mol. The lowest BCUT2D eigenvalue weighted by Crippen LogP contribution is -2.39. The normalized spacial score (nSPS) is 15.9. The third kappa shape index (κ3) is 8.23. The van der Waals surface area contributed by atoms with Crippen LogP contribution in [0.5, 0.6) is 0 Å². The van der Waals surface area contributed by atoms with Crippen LogP contribution in [-0.2, 0) is 27.8 Å². The van der Waals surface area contributed by atoms with Gasteiger partial charge in [0.25, 0.3) is 0 Å². The van der Waals surface area contributed by atoms with Gasteiger partial charge in [-0.2, -0.15) is 4.31 Å². The highest BCUT2D eigenvalue weighted by Crippen LogP contribution is 2.46. The summed E-state index contributed by atoms with van der Waals surface area (Å²) in [7, 11) is -4.03. The molecule has 2 heterocycles. The van der Waals surface area contributed by atoms with Gasteiger partial charge < -0.3 is 19.9 Å². The number of nitrogens with zero attached hydrogens (tertiary/aromatic N) is 2. The minimum atomic E-state index is -4.03. The van der Waals surface area contributed by atoms with Crippen molar-refractivity contribution >= 4 is 16.0 Å². The van der Waals surface area contributed by atoms with E-state index < -0.39 is 40.4 Å². The van der Waals surface area contributed by atoms with E-state index in [4.69, 9.17) is 5.11 Å². The molecule has 1 aliphatic heterocycles. The third-order valence-electron chi connectivity index (χ3n) is 9.16. The Balaban J connectivity index is 1.60. The molecule has 48 heavy (non-hydrogen) atoms. The zero-order chi connectivity index (χ0) is 34.4. The highest BCUT2D eigenvalue weighted by atomic mass is 32.2. The number of carboxylic acid groups (broad SMARTS) is 1. The second-order valence-electron chi connectivity index (χ2n) is 13.1. The standard InChI is InChI=1S/C38H45FN2O6S/c1-26(2)36-38(48(46,47)40-20-17-28(18-21-40)23-27-9-5-3-6-10-27)35(29-11-7-4-8-12-29)37(30-13-15-31(39)16-14-30)41(36)22-19-32(42)24-33(43)25-34(44)45/h3-16,26,28,32-33,42-43H,17-25H2,1-2H3,(H,44,45)/t32-,33-/m1/s1.